The molecule has 4 aliphatic rings. The van der Waals surface area contributed by atoms with Crippen LogP contribution in [0.25, 0.3) is 53.9 Å². The van der Waals surface area contributed by atoms with Gasteiger partial charge >= 0.3 is 41.8 Å². The van der Waals surface area contributed by atoms with E-state index in [0.29, 0.717) is 74.0 Å². The van der Waals surface area contributed by atoms with E-state index in [1.54, 1.807) is 42.1 Å². The molecule has 0 amide bonds. The Kier molecular flexibility index (Phi) is 21.4. The lowest BCUT2D eigenvalue weighted by molar-refractivity contribution is -0.228. The van der Waals surface area contributed by atoms with Crippen LogP contribution >= 0.6 is 0 Å². The second-order valence-electron chi connectivity index (χ2n) is 29.8. The predicted molar refractivity (Wildman–Crippen MR) is 395 cm³/mol. The van der Waals surface area contributed by atoms with Crippen LogP contribution in [0.15, 0.2) is 164 Å². The van der Waals surface area contributed by atoms with Crippen LogP contribution in [-0.2, 0) is 73.3 Å². The topological polar surface area (TPSA) is 212 Å². The van der Waals surface area contributed by atoms with Crippen LogP contribution in [0.5, 0.6) is 17.2 Å². The Morgan fingerprint density at radius 2 is 0.894 bits per heavy atom. The van der Waals surface area contributed by atoms with Crippen molar-refractivity contribution in [2.75, 3.05) is 41.2 Å². The summed E-state index contributed by atoms with van der Waals surface area (Å²) in [5.74, 6) is -5.29. The highest BCUT2D eigenvalue weighted by molar-refractivity contribution is 6.02. The number of carbonyl (C=O) groups excluding carboxylic acids is 7. The van der Waals surface area contributed by atoms with Gasteiger partial charge in [0, 0.05) is 23.3 Å². The smallest absolute Gasteiger partial charge is 0.344 e. The van der Waals surface area contributed by atoms with Crippen LogP contribution in [0.3, 0.4) is 0 Å². The number of hydrogen-bond acceptors (Lipinski definition) is 17. The van der Waals surface area contributed by atoms with Crippen molar-refractivity contribution in [2.45, 2.75) is 142 Å². The molecule has 17 heteroatoms. The monoisotopic (exact) mass is 1410 g/mol. The summed E-state index contributed by atoms with van der Waals surface area (Å²) in [6.07, 6.45) is 2.20. The Balaban J connectivity index is 0.751. The lowest BCUT2D eigenvalue weighted by atomic mass is 9.43. The first-order valence-electron chi connectivity index (χ1n) is 36.5. The van der Waals surface area contributed by atoms with Crippen molar-refractivity contribution in [1.29, 1.82) is 0 Å². The number of methoxy groups -OCH3 is 3. The number of esters is 7. The highest BCUT2D eigenvalue weighted by Crippen LogP contribution is 2.69. The first kappa shape index (κ1) is 72.3. The van der Waals surface area contributed by atoms with E-state index >= 15 is 0 Å². The third-order valence-corrected chi connectivity index (χ3v) is 24.1. The van der Waals surface area contributed by atoms with Gasteiger partial charge in [0.15, 0.2) is 19.8 Å². The molecular formula is C87H92O17. The Hall–Kier alpha value is -10.0. The molecule has 4 aliphatic carbocycles. The Bertz CT molecular complexity index is 4700. The molecule has 13 rings (SSSR count). The quantitative estimate of drug-likeness (QED) is 0.0313. The SMILES string of the molecule is COc1ccc2cc([C@H](C)C(=O)OCC(=O)O[C@@H]3CC[C@@]4(C)[C@@H](C3)C[C@@H](OC(=O)COC(=O)[C@@H](C)c3ccc5cc(OC)ccc5c3)[C@@H]3[C@@H]4C[C@H](OC(=O)COC(=O)[C@@H](C)c4ccc5cc(OC)ccc5c4)[C@]4(C)[C@@H]([C@H](C)CCC(=O)OCc5c6ccccc6cc6ccccc56)CC[C@@H]34)ccc2c1. The fourth-order valence-electron chi connectivity index (χ4n) is 18.2. The number of ether oxygens (including phenoxy) is 10. The molecular weight excluding hydrogens is 1320 g/mol. The summed E-state index contributed by atoms with van der Waals surface area (Å²) < 4.78 is 59.4. The van der Waals surface area contributed by atoms with Crippen LogP contribution in [0, 0.1) is 46.3 Å². The van der Waals surface area contributed by atoms with Crippen molar-refractivity contribution < 1.29 is 80.9 Å². The van der Waals surface area contributed by atoms with Gasteiger partial charge in [-0.3, -0.25) is 19.2 Å². The van der Waals surface area contributed by atoms with Gasteiger partial charge < -0.3 is 47.4 Å². The van der Waals surface area contributed by atoms with Crippen LogP contribution in [0.2, 0.25) is 0 Å². The lowest BCUT2D eigenvalue weighted by Gasteiger charge is -2.64. The highest BCUT2D eigenvalue weighted by Gasteiger charge is 2.68. The van der Waals surface area contributed by atoms with E-state index in [-0.39, 0.29) is 54.5 Å². The molecule has 0 radical (unpaired) electrons. The van der Waals surface area contributed by atoms with E-state index in [1.165, 1.54) is 0 Å². The third kappa shape index (κ3) is 14.9. The molecule has 0 heterocycles. The summed E-state index contributed by atoms with van der Waals surface area (Å²) in [5.41, 5.74) is 1.85. The van der Waals surface area contributed by atoms with Crippen molar-refractivity contribution in [3.8, 4) is 17.2 Å². The van der Waals surface area contributed by atoms with E-state index in [0.717, 1.165) is 70.7 Å². The molecule has 0 saturated heterocycles. The molecule has 542 valence electrons. The Labute approximate surface area is 606 Å². The van der Waals surface area contributed by atoms with Crippen LogP contribution in [0.4, 0.5) is 0 Å². The molecule has 9 aromatic rings. The molecule has 0 N–H and O–H groups in total. The summed E-state index contributed by atoms with van der Waals surface area (Å²) in [7, 11) is 4.82. The molecule has 0 aromatic heterocycles. The molecule has 4 saturated carbocycles. The zero-order valence-electron chi connectivity index (χ0n) is 60.6. The normalized spacial score (nSPS) is 23.8. The van der Waals surface area contributed by atoms with Gasteiger partial charge in [0.2, 0.25) is 0 Å². The fourth-order valence-corrected chi connectivity index (χ4v) is 18.2. The van der Waals surface area contributed by atoms with Gasteiger partial charge in [-0.15, -0.1) is 0 Å². The Morgan fingerprint density at radius 1 is 0.442 bits per heavy atom. The third-order valence-electron chi connectivity index (χ3n) is 24.1. The number of carbonyl (C=O) groups is 7. The summed E-state index contributed by atoms with van der Waals surface area (Å²) in [4.78, 5) is 98.7. The minimum absolute atomic E-state index is 0.0912. The van der Waals surface area contributed by atoms with E-state index in [9.17, 15) is 33.6 Å². The zero-order valence-corrected chi connectivity index (χ0v) is 60.6. The number of rotatable bonds is 24. The van der Waals surface area contributed by atoms with Crippen molar-refractivity contribution in [1.82, 2.24) is 0 Å². The van der Waals surface area contributed by atoms with Crippen LogP contribution < -0.4 is 14.2 Å². The number of fused-ring (bicyclic) bond motifs is 10. The maximum Gasteiger partial charge on any atom is 0.344 e. The molecule has 14 atom stereocenters. The Morgan fingerprint density at radius 3 is 1.38 bits per heavy atom. The second-order valence-corrected chi connectivity index (χ2v) is 29.8. The first-order valence-corrected chi connectivity index (χ1v) is 36.5. The summed E-state index contributed by atoms with van der Waals surface area (Å²) in [5, 5.41) is 9.71. The molecule has 0 spiro atoms. The average Bonchev–Trinajstić information content (AvgIpc) is 1.39. The number of hydrogen-bond donors (Lipinski definition) is 0. The fraction of sp³-hybridized carbons (Fsp3) is 0.414. The van der Waals surface area contributed by atoms with Gasteiger partial charge in [0.25, 0.3) is 0 Å². The lowest BCUT2D eigenvalue weighted by Crippen LogP contribution is -2.63. The summed E-state index contributed by atoms with van der Waals surface area (Å²) in [6, 6.07) is 52.5. The van der Waals surface area contributed by atoms with Crippen molar-refractivity contribution >= 4 is 95.6 Å². The second kappa shape index (κ2) is 30.7. The largest absolute Gasteiger partial charge is 0.497 e. The molecule has 0 aliphatic heterocycles. The zero-order chi connectivity index (χ0) is 73.1. The van der Waals surface area contributed by atoms with E-state index < -0.39 is 103 Å². The molecule has 17 nitrogen and oxygen atoms in total. The molecule has 0 unspecified atom stereocenters. The van der Waals surface area contributed by atoms with E-state index in [4.69, 9.17) is 47.4 Å². The van der Waals surface area contributed by atoms with Gasteiger partial charge in [0.1, 0.15) is 42.2 Å². The van der Waals surface area contributed by atoms with Crippen molar-refractivity contribution in [3.05, 3.63) is 186 Å². The van der Waals surface area contributed by atoms with Gasteiger partial charge in [-0.25, -0.2) is 14.4 Å². The van der Waals surface area contributed by atoms with Crippen LogP contribution in [0.1, 0.15) is 139 Å². The predicted octanol–water partition coefficient (Wildman–Crippen LogP) is 16.6. The van der Waals surface area contributed by atoms with Crippen molar-refractivity contribution in [2.24, 2.45) is 46.3 Å². The first-order chi connectivity index (χ1) is 50.1. The standard InChI is InChI=1S/C87H92O17/c1-50(18-33-78(88)98-46-72-70-16-12-10-14-63(70)39-64-15-11-13-17-71(64)72)73-31-32-74-82-75(45-77(87(73,74)6)104-81(91)49-101-85(94)53(4)56-21-24-62-42-68(97-9)30-27-59(62)38-56)86(5)35-34-69(102-79(89)47-99-83(92)51(2)54-19-22-60-40-66(95-7)28-25-57(60)36-54)43-65(86)44-76(82)103-80(90)48-100-84(93)52(3)55-20-23-61-41-67(96-8)29-26-58(61)37-55/h10-17,19-30,36-42,50-53,65,69,73-77,82H,18,31-35,43-49H2,1-9H3/t50-,51+,52+,53+,65+,69-,73-,74+,75+,76-,77+,82+,86+,87-/m1/s1. The molecule has 0 bridgehead atoms. The molecule has 104 heavy (non-hydrogen) atoms. The highest BCUT2D eigenvalue weighted by atomic mass is 16.6. The minimum Gasteiger partial charge on any atom is -0.497 e. The van der Waals surface area contributed by atoms with Crippen LogP contribution in [-0.4, -0.2) is 101 Å². The van der Waals surface area contributed by atoms with Gasteiger partial charge in [-0.05, 0) is 220 Å². The van der Waals surface area contributed by atoms with E-state index in [2.05, 4.69) is 51.1 Å². The average molecular weight is 1410 g/mol. The summed E-state index contributed by atoms with van der Waals surface area (Å²) in [6.45, 7) is 10.0. The summed E-state index contributed by atoms with van der Waals surface area (Å²) >= 11 is 0. The van der Waals surface area contributed by atoms with Gasteiger partial charge in [0.05, 0.1) is 39.1 Å². The molecule has 4 fully saturated rings. The molecule has 9 aromatic carbocycles. The van der Waals surface area contributed by atoms with Crippen molar-refractivity contribution in [3.63, 3.8) is 0 Å². The maximum atomic E-state index is 14.7. The van der Waals surface area contributed by atoms with E-state index in [1.807, 2.05) is 133 Å². The minimum atomic E-state index is -0.766. The van der Waals surface area contributed by atoms with Gasteiger partial charge in [-0.2, -0.15) is 0 Å². The number of benzene rings is 9. The maximum absolute atomic E-state index is 14.7. The van der Waals surface area contributed by atoms with Gasteiger partial charge in [-0.1, -0.05) is 142 Å².